The predicted octanol–water partition coefficient (Wildman–Crippen LogP) is 15.8. The molecule has 0 unspecified atom stereocenters. The summed E-state index contributed by atoms with van der Waals surface area (Å²) < 4.78 is 12.6. The molecule has 1 aliphatic rings. The maximum atomic E-state index is 9.03. The maximum Gasteiger partial charge on any atom is 0.177 e. The number of allylic oxidation sites excluding steroid dienone is 12. The highest BCUT2D eigenvalue weighted by Gasteiger charge is 2.21. The van der Waals surface area contributed by atoms with Crippen molar-refractivity contribution in [1.29, 1.82) is 5.41 Å². The number of anilines is 3. The van der Waals surface area contributed by atoms with Gasteiger partial charge >= 0.3 is 0 Å². The third kappa shape index (κ3) is 8.10. The molecule has 0 spiro atoms. The second-order valence-electron chi connectivity index (χ2n) is 16.0. The van der Waals surface area contributed by atoms with E-state index in [0.717, 1.165) is 64.2 Å². The Labute approximate surface area is 380 Å². The number of benzene rings is 7. The number of nitrogens with one attached hydrogen (secondary N) is 2. The third-order valence-corrected chi connectivity index (χ3v) is 12.0. The third-order valence-electron chi connectivity index (χ3n) is 12.0. The van der Waals surface area contributed by atoms with Crippen molar-refractivity contribution in [2.24, 2.45) is 0 Å². The minimum atomic E-state index is 0.292. The fourth-order valence-electron chi connectivity index (χ4n) is 9.09. The molecule has 3 heterocycles. The summed E-state index contributed by atoms with van der Waals surface area (Å²) in [7, 11) is 0. The summed E-state index contributed by atoms with van der Waals surface area (Å²) in [5.41, 5.74) is 12.6. The topological polar surface area (TPSA) is 65.4 Å². The van der Waals surface area contributed by atoms with Crippen molar-refractivity contribution < 1.29 is 8.83 Å². The van der Waals surface area contributed by atoms with Crippen molar-refractivity contribution in [3.8, 4) is 12.8 Å². The van der Waals surface area contributed by atoms with Crippen LogP contribution in [0, 0.1) is 18.3 Å². The predicted molar refractivity (Wildman–Crippen MR) is 277 cm³/mol. The van der Waals surface area contributed by atoms with Gasteiger partial charge in [0.25, 0.3) is 0 Å². The van der Waals surface area contributed by atoms with Gasteiger partial charge < -0.3 is 19.1 Å². The Kier molecular flexibility index (Phi) is 12.0. The van der Waals surface area contributed by atoms with Gasteiger partial charge in [-0.25, -0.2) is 0 Å². The number of hydrogen-bond acceptors (Lipinski definition) is 5. The zero-order chi connectivity index (χ0) is 44.9. The fraction of sp³-hybridized carbons (Fsp3) is 0.0833. The Hall–Kier alpha value is -8.33. The van der Waals surface area contributed by atoms with E-state index in [1.807, 2.05) is 56.3 Å². The number of furan rings is 2. The van der Waals surface area contributed by atoms with Crippen molar-refractivity contribution in [2.75, 3.05) is 16.8 Å². The molecule has 0 saturated carbocycles. The van der Waals surface area contributed by atoms with E-state index < -0.39 is 0 Å². The van der Waals surface area contributed by atoms with Crippen LogP contribution in [0.4, 0.5) is 17.1 Å². The average Bonchev–Trinajstić information content (AvgIpc) is 3.94. The molecule has 0 atom stereocenters. The lowest BCUT2D eigenvalue weighted by atomic mass is 9.91. The first-order valence-electron chi connectivity index (χ1n) is 21.9. The van der Waals surface area contributed by atoms with Gasteiger partial charge in [-0.3, -0.25) is 5.41 Å². The highest BCUT2D eigenvalue weighted by Crippen LogP contribution is 2.43. The largest absolute Gasteiger partial charge is 0.456 e. The van der Waals surface area contributed by atoms with Crippen LogP contribution in [0.15, 0.2) is 215 Å². The van der Waals surface area contributed by atoms with E-state index in [1.165, 1.54) is 60.3 Å². The van der Waals surface area contributed by atoms with Gasteiger partial charge in [0.05, 0.1) is 5.69 Å². The van der Waals surface area contributed by atoms with Crippen molar-refractivity contribution in [1.82, 2.24) is 0 Å². The molecule has 0 bridgehead atoms. The number of terminal acetylenes is 1. The van der Waals surface area contributed by atoms with Gasteiger partial charge in [-0.05, 0) is 125 Å². The summed E-state index contributed by atoms with van der Waals surface area (Å²) >= 11 is 0. The van der Waals surface area contributed by atoms with Gasteiger partial charge in [0.1, 0.15) is 22.5 Å². The number of fused-ring (bicyclic) bond motifs is 5. The Bertz CT molecular complexity index is 3450. The molecule has 5 nitrogen and oxygen atoms in total. The van der Waals surface area contributed by atoms with Crippen LogP contribution in [0.2, 0.25) is 0 Å². The molecule has 0 fully saturated rings. The molecule has 5 heteroatoms. The second-order valence-corrected chi connectivity index (χ2v) is 16.0. The summed E-state index contributed by atoms with van der Waals surface area (Å²) in [4.78, 5) is 2.41. The van der Waals surface area contributed by atoms with E-state index in [2.05, 4.69) is 169 Å². The molecule has 65 heavy (non-hydrogen) atoms. The lowest BCUT2D eigenvalue weighted by Gasteiger charge is -2.26. The van der Waals surface area contributed by atoms with E-state index >= 15 is 0 Å². The van der Waals surface area contributed by atoms with Gasteiger partial charge in [0, 0.05) is 45.3 Å². The van der Waals surface area contributed by atoms with Gasteiger partial charge in [0.2, 0.25) is 0 Å². The summed E-state index contributed by atoms with van der Waals surface area (Å²) in [6.45, 7) is 8.56. The molecular weight excluding hydrogens is 795 g/mol. The minimum absolute atomic E-state index is 0.292. The zero-order valence-corrected chi connectivity index (χ0v) is 36.6. The summed E-state index contributed by atoms with van der Waals surface area (Å²) in [5.74, 6) is 0.489. The van der Waals surface area contributed by atoms with Gasteiger partial charge in [0.15, 0.2) is 5.76 Å². The standard InChI is InChI=1S/C58H47N3O2.C2H2/c1-4-16-41(17-5-2)56(59)58-57(48-23-11-12-26-51(48)63-58)60-38(3)18-9-10-19-39-29-34-50-43(36-39)31-30-40(20-15-35-61(50)44-21-7-6-8-22-44)42-32-33-45-46-24-13-27-52-54(46)55-47(49(45)37-42)25-14-28-53(55)62-52;1-2/h4-18,20-30,32-34,36-37,59-60H,1,19,31,35H2,2-3H3;1-2H/b10-9-,17-5-,20-15-,38-18+,40-30+,41-16+,59-56?;. The maximum absolute atomic E-state index is 9.03. The molecule has 316 valence electrons. The van der Waals surface area contributed by atoms with Crippen LogP contribution in [0.25, 0.3) is 60.0 Å². The number of rotatable bonds is 11. The highest BCUT2D eigenvalue weighted by molar-refractivity contribution is 6.33. The molecule has 1 aliphatic heterocycles. The van der Waals surface area contributed by atoms with Gasteiger partial charge in [-0.1, -0.05) is 140 Å². The summed E-state index contributed by atoms with van der Waals surface area (Å²) in [6, 6.07) is 45.2. The Balaban J connectivity index is 0.00000263. The first-order valence-corrected chi connectivity index (χ1v) is 21.9. The second kappa shape index (κ2) is 18.6. The molecule has 0 amide bonds. The van der Waals surface area contributed by atoms with Crippen LogP contribution in [0.5, 0.6) is 0 Å². The van der Waals surface area contributed by atoms with Crippen molar-refractivity contribution in [3.63, 3.8) is 0 Å². The summed E-state index contributed by atoms with van der Waals surface area (Å²) in [6.07, 6.45) is 30.2. The number of para-hydroxylation sites is 2. The Morgan fingerprint density at radius 3 is 2.26 bits per heavy atom. The quantitative estimate of drug-likeness (QED) is 0.0589. The molecule has 0 saturated heterocycles. The van der Waals surface area contributed by atoms with E-state index in [-0.39, 0.29) is 0 Å². The molecule has 0 radical (unpaired) electrons. The van der Waals surface area contributed by atoms with Crippen LogP contribution in [0.1, 0.15) is 36.3 Å². The smallest absolute Gasteiger partial charge is 0.177 e. The van der Waals surface area contributed by atoms with Crippen LogP contribution in [-0.2, 0) is 12.8 Å². The fourth-order valence-corrected chi connectivity index (χ4v) is 9.09. The normalized spacial score (nSPS) is 14.9. The minimum Gasteiger partial charge on any atom is -0.456 e. The monoisotopic (exact) mass is 843 g/mol. The van der Waals surface area contributed by atoms with E-state index in [9.17, 15) is 0 Å². The molecular formula is C60H49N3O2. The van der Waals surface area contributed by atoms with Crippen LogP contribution in [-0.4, -0.2) is 12.3 Å². The lowest BCUT2D eigenvalue weighted by Crippen LogP contribution is -2.18. The Morgan fingerprint density at radius 1 is 0.769 bits per heavy atom. The van der Waals surface area contributed by atoms with Crippen molar-refractivity contribution >= 4 is 82.8 Å². The van der Waals surface area contributed by atoms with E-state index in [0.29, 0.717) is 11.5 Å². The van der Waals surface area contributed by atoms with Gasteiger partial charge in [-0.15, -0.1) is 12.8 Å². The van der Waals surface area contributed by atoms with Crippen LogP contribution >= 0.6 is 0 Å². The van der Waals surface area contributed by atoms with E-state index in [1.54, 1.807) is 6.08 Å². The first kappa shape index (κ1) is 42.0. The molecule has 10 rings (SSSR count). The summed E-state index contributed by atoms with van der Waals surface area (Å²) in [5, 5.41) is 20.9. The first-order chi connectivity index (χ1) is 32.0. The van der Waals surface area contributed by atoms with Gasteiger partial charge in [-0.2, -0.15) is 0 Å². The SMILES string of the molecule is C#C.C=C/C=C(\C=C/C)C(=N)c1oc2ccccc2c1N/C(C)=C/C=C\Cc1ccc2c(c1)C/C=C(c1ccc3c(c1)c1cccc4oc5cccc3c5c41)\C=C/CN2c1ccccc1. The van der Waals surface area contributed by atoms with Crippen molar-refractivity contribution in [3.05, 3.63) is 228 Å². The van der Waals surface area contributed by atoms with Crippen LogP contribution in [0.3, 0.4) is 0 Å². The molecule has 9 aromatic rings. The average molecular weight is 844 g/mol. The van der Waals surface area contributed by atoms with Crippen molar-refractivity contribution in [2.45, 2.75) is 26.7 Å². The zero-order valence-electron chi connectivity index (χ0n) is 36.6. The molecule has 7 aromatic carbocycles. The highest BCUT2D eigenvalue weighted by atomic mass is 16.3. The Morgan fingerprint density at radius 2 is 1.49 bits per heavy atom. The molecule has 2 N–H and O–H groups in total. The molecule has 2 aromatic heterocycles. The van der Waals surface area contributed by atoms with E-state index in [4.69, 9.17) is 14.2 Å². The lowest BCUT2D eigenvalue weighted by molar-refractivity contribution is 0.606. The number of nitrogens with zero attached hydrogens (tertiary/aromatic N) is 1. The number of hydrogen-bond donors (Lipinski definition) is 2. The molecule has 0 aliphatic carbocycles. The van der Waals surface area contributed by atoms with Crippen LogP contribution < -0.4 is 10.2 Å².